The van der Waals surface area contributed by atoms with Crippen LogP contribution in [0.2, 0.25) is 0 Å². The van der Waals surface area contributed by atoms with Crippen LogP contribution in [0.5, 0.6) is 0 Å². The Kier molecular flexibility index (Phi) is 2.69. The highest BCUT2D eigenvalue weighted by molar-refractivity contribution is 5.89. The molecule has 0 aliphatic carbocycles. The summed E-state index contributed by atoms with van der Waals surface area (Å²) in [6, 6.07) is 0. The van der Waals surface area contributed by atoms with E-state index in [1.165, 1.54) is 6.20 Å². The van der Waals surface area contributed by atoms with Gasteiger partial charge in [0, 0.05) is 18.8 Å². The molecule has 1 saturated heterocycles. The van der Waals surface area contributed by atoms with Crippen molar-refractivity contribution in [3.63, 3.8) is 0 Å². The molecule has 74 valence electrons. The van der Waals surface area contributed by atoms with Crippen molar-refractivity contribution in [2.24, 2.45) is 5.92 Å². The topological polar surface area (TPSA) is 66.9 Å². The number of hydrogen-bond donors (Lipinski definition) is 2. The van der Waals surface area contributed by atoms with Crippen molar-refractivity contribution >= 4 is 11.7 Å². The summed E-state index contributed by atoms with van der Waals surface area (Å²) >= 11 is 0. The van der Waals surface area contributed by atoms with E-state index in [-0.39, 0.29) is 5.91 Å². The first-order valence-corrected chi connectivity index (χ1v) is 4.61. The molecule has 14 heavy (non-hydrogen) atoms. The molecular weight excluding hydrogens is 180 g/mol. The van der Waals surface area contributed by atoms with Crippen LogP contribution in [0.4, 0.5) is 5.82 Å². The normalized spacial score (nSPS) is 16.0. The smallest absolute Gasteiger partial charge is 0.225 e. The predicted molar refractivity (Wildman–Crippen MR) is 51.6 cm³/mol. The molecule has 0 saturated carbocycles. The number of hydrogen-bond acceptors (Lipinski definition) is 4. The maximum atomic E-state index is 11.4. The number of amides is 1. The van der Waals surface area contributed by atoms with Gasteiger partial charge >= 0.3 is 0 Å². The van der Waals surface area contributed by atoms with Crippen molar-refractivity contribution < 1.29 is 4.79 Å². The van der Waals surface area contributed by atoms with E-state index >= 15 is 0 Å². The van der Waals surface area contributed by atoms with Crippen LogP contribution in [-0.4, -0.2) is 29.0 Å². The minimum Gasteiger partial charge on any atom is -0.316 e. The lowest BCUT2D eigenvalue weighted by Gasteiger charge is -2.26. The molecule has 5 nitrogen and oxygen atoms in total. The SMILES string of the molecule is O=C(CC1CNC1)Nc1cnccn1. The van der Waals surface area contributed by atoms with Crippen LogP contribution in [0.1, 0.15) is 6.42 Å². The molecule has 0 unspecified atom stereocenters. The molecule has 1 aliphatic heterocycles. The summed E-state index contributed by atoms with van der Waals surface area (Å²) in [4.78, 5) is 19.2. The number of anilines is 1. The summed E-state index contributed by atoms with van der Waals surface area (Å²) < 4.78 is 0. The predicted octanol–water partition coefficient (Wildman–Crippen LogP) is 0.0246. The average molecular weight is 192 g/mol. The zero-order valence-electron chi connectivity index (χ0n) is 7.73. The van der Waals surface area contributed by atoms with Gasteiger partial charge in [-0.3, -0.25) is 9.78 Å². The third kappa shape index (κ3) is 2.26. The van der Waals surface area contributed by atoms with Crippen LogP contribution in [0.25, 0.3) is 0 Å². The monoisotopic (exact) mass is 192 g/mol. The number of carbonyl (C=O) groups excluding carboxylic acids is 1. The lowest BCUT2D eigenvalue weighted by Crippen LogP contribution is -2.43. The number of carbonyl (C=O) groups is 1. The summed E-state index contributed by atoms with van der Waals surface area (Å²) in [5.74, 6) is 1.01. The van der Waals surface area contributed by atoms with Gasteiger partial charge in [0.25, 0.3) is 0 Å². The molecule has 2 N–H and O–H groups in total. The summed E-state index contributed by atoms with van der Waals surface area (Å²) in [6.45, 7) is 1.88. The van der Waals surface area contributed by atoms with Gasteiger partial charge in [-0.25, -0.2) is 4.98 Å². The van der Waals surface area contributed by atoms with Gasteiger partial charge in [0.15, 0.2) is 5.82 Å². The van der Waals surface area contributed by atoms with Gasteiger partial charge in [0.05, 0.1) is 6.20 Å². The highest BCUT2D eigenvalue weighted by Crippen LogP contribution is 2.09. The molecule has 2 rings (SSSR count). The second-order valence-electron chi connectivity index (χ2n) is 3.37. The Morgan fingerprint density at radius 1 is 1.57 bits per heavy atom. The third-order valence-electron chi connectivity index (χ3n) is 2.17. The maximum Gasteiger partial charge on any atom is 0.225 e. The quantitative estimate of drug-likeness (QED) is 0.708. The maximum absolute atomic E-state index is 11.4. The van der Waals surface area contributed by atoms with Gasteiger partial charge in [0.1, 0.15) is 0 Å². The van der Waals surface area contributed by atoms with Crippen LogP contribution in [0, 0.1) is 5.92 Å². The third-order valence-corrected chi connectivity index (χ3v) is 2.17. The molecule has 1 amide bonds. The van der Waals surface area contributed by atoms with Crippen LogP contribution in [-0.2, 0) is 4.79 Å². The molecule has 1 aromatic rings. The largest absolute Gasteiger partial charge is 0.316 e. The van der Waals surface area contributed by atoms with Crippen molar-refractivity contribution in [1.82, 2.24) is 15.3 Å². The summed E-state index contributed by atoms with van der Waals surface area (Å²) in [6.07, 6.45) is 5.23. The van der Waals surface area contributed by atoms with Gasteiger partial charge in [0.2, 0.25) is 5.91 Å². The molecule has 1 aliphatic rings. The summed E-state index contributed by atoms with van der Waals surface area (Å²) in [5.41, 5.74) is 0. The van der Waals surface area contributed by atoms with Gasteiger partial charge in [-0.15, -0.1) is 0 Å². The lowest BCUT2D eigenvalue weighted by atomic mass is 9.99. The van der Waals surface area contributed by atoms with E-state index in [1.807, 2.05) is 0 Å². The molecule has 2 heterocycles. The molecule has 0 bridgehead atoms. The Labute approximate surface area is 82.0 Å². The van der Waals surface area contributed by atoms with E-state index in [9.17, 15) is 4.79 Å². The van der Waals surface area contributed by atoms with Crippen molar-refractivity contribution in [3.05, 3.63) is 18.6 Å². The van der Waals surface area contributed by atoms with Crippen LogP contribution in [0.3, 0.4) is 0 Å². The highest BCUT2D eigenvalue weighted by atomic mass is 16.1. The van der Waals surface area contributed by atoms with Gasteiger partial charge < -0.3 is 10.6 Å². The standard InChI is InChI=1S/C9H12N4O/c14-9(3-7-4-11-5-7)13-8-6-10-1-2-12-8/h1-2,6-7,11H,3-5H2,(H,12,13,14). The molecule has 0 aromatic carbocycles. The Balaban J connectivity index is 1.82. The van der Waals surface area contributed by atoms with Gasteiger partial charge in [-0.2, -0.15) is 0 Å². The van der Waals surface area contributed by atoms with E-state index in [4.69, 9.17) is 0 Å². The van der Waals surface area contributed by atoms with Crippen molar-refractivity contribution in [3.8, 4) is 0 Å². The van der Waals surface area contributed by atoms with Crippen molar-refractivity contribution in [2.75, 3.05) is 18.4 Å². The summed E-state index contributed by atoms with van der Waals surface area (Å²) in [5, 5.41) is 5.82. The second kappa shape index (κ2) is 4.15. The van der Waals surface area contributed by atoms with E-state index < -0.39 is 0 Å². The van der Waals surface area contributed by atoms with E-state index in [2.05, 4.69) is 20.6 Å². The fraction of sp³-hybridized carbons (Fsp3) is 0.444. The first kappa shape index (κ1) is 9.08. The molecule has 1 aromatic heterocycles. The highest BCUT2D eigenvalue weighted by Gasteiger charge is 2.20. The fourth-order valence-corrected chi connectivity index (χ4v) is 1.31. The summed E-state index contributed by atoms with van der Waals surface area (Å²) in [7, 11) is 0. The van der Waals surface area contributed by atoms with Gasteiger partial charge in [-0.05, 0) is 19.0 Å². The Morgan fingerprint density at radius 3 is 3.00 bits per heavy atom. The van der Waals surface area contributed by atoms with E-state index in [1.54, 1.807) is 12.4 Å². The fourth-order valence-electron chi connectivity index (χ4n) is 1.31. The van der Waals surface area contributed by atoms with E-state index in [0.717, 1.165) is 13.1 Å². The van der Waals surface area contributed by atoms with E-state index in [0.29, 0.717) is 18.2 Å². The number of rotatable bonds is 3. The number of nitrogens with one attached hydrogen (secondary N) is 2. The van der Waals surface area contributed by atoms with Crippen LogP contribution >= 0.6 is 0 Å². The molecule has 0 spiro atoms. The number of aromatic nitrogens is 2. The van der Waals surface area contributed by atoms with Crippen LogP contribution < -0.4 is 10.6 Å². The molecule has 0 radical (unpaired) electrons. The lowest BCUT2D eigenvalue weighted by molar-refractivity contribution is -0.117. The molecule has 5 heteroatoms. The first-order valence-electron chi connectivity index (χ1n) is 4.61. The minimum absolute atomic E-state index is 0.0111. The Hall–Kier alpha value is -1.49. The zero-order chi connectivity index (χ0) is 9.80. The molecular formula is C9H12N4O. The van der Waals surface area contributed by atoms with Crippen molar-refractivity contribution in [2.45, 2.75) is 6.42 Å². The van der Waals surface area contributed by atoms with Crippen molar-refractivity contribution in [1.29, 1.82) is 0 Å². The van der Waals surface area contributed by atoms with Crippen LogP contribution in [0.15, 0.2) is 18.6 Å². The molecule has 1 fully saturated rings. The zero-order valence-corrected chi connectivity index (χ0v) is 7.73. The molecule has 0 atom stereocenters. The second-order valence-corrected chi connectivity index (χ2v) is 3.37. The Morgan fingerprint density at radius 2 is 2.43 bits per heavy atom. The Bertz CT molecular complexity index is 310. The number of nitrogens with zero attached hydrogens (tertiary/aromatic N) is 2. The average Bonchev–Trinajstić information content (AvgIpc) is 2.13. The first-order chi connectivity index (χ1) is 6.84. The minimum atomic E-state index is 0.0111. The van der Waals surface area contributed by atoms with Gasteiger partial charge in [-0.1, -0.05) is 0 Å².